The maximum atomic E-state index is 12.1. The van der Waals surface area contributed by atoms with Gasteiger partial charge in [-0.1, -0.05) is 38.3 Å². The van der Waals surface area contributed by atoms with Gasteiger partial charge in [-0.3, -0.25) is 9.59 Å². The Labute approximate surface area is 145 Å². The SMILES string of the molecule is CCCCC[C@H](C)NC(=O)C[NH+](C)Cc1ccc(C(=O)NC)cc1. The normalized spacial score (nSPS) is 13.2. The second kappa shape index (κ2) is 10.8. The minimum absolute atomic E-state index is 0.0845. The Morgan fingerprint density at radius 3 is 2.42 bits per heavy atom. The molecule has 24 heavy (non-hydrogen) atoms. The number of hydrogen-bond donors (Lipinski definition) is 3. The number of rotatable bonds is 10. The van der Waals surface area contributed by atoms with Gasteiger partial charge in [0, 0.05) is 24.2 Å². The van der Waals surface area contributed by atoms with Crippen LogP contribution in [0.4, 0.5) is 0 Å². The number of quaternary nitrogens is 1. The number of carbonyl (C=O) groups excluding carboxylic acids is 2. The van der Waals surface area contributed by atoms with Crippen molar-refractivity contribution in [3.63, 3.8) is 0 Å². The summed E-state index contributed by atoms with van der Waals surface area (Å²) in [5.74, 6) is 0.0113. The van der Waals surface area contributed by atoms with Crippen molar-refractivity contribution in [3.8, 4) is 0 Å². The van der Waals surface area contributed by atoms with Crippen molar-refractivity contribution in [1.82, 2.24) is 10.6 Å². The number of likely N-dealkylation sites (N-methyl/N-ethyl adjacent to an activating group) is 1. The fraction of sp³-hybridized carbons (Fsp3) is 0.579. The molecule has 0 saturated heterocycles. The minimum Gasteiger partial charge on any atom is -0.355 e. The molecule has 0 aliphatic carbocycles. The van der Waals surface area contributed by atoms with E-state index >= 15 is 0 Å². The molecule has 0 heterocycles. The summed E-state index contributed by atoms with van der Waals surface area (Å²) in [5, 5.41) is 5.68. The molecule has 0 aliphatic rings. The molecule has 5 nitrogen and oxygen atoms in total. The average Bonchev–Trinajstić information content (AvgIpc) is 2.54. The van der Waals surface area contributed by atoms with Crippen LogP contribution >= 0.6 is 0 Å². The van der Waals surface area contributed by atoms with Crippen molar-refractivity contribution in [2.24, 2.45) is 0 Å². The van der Waals surface area contributed by atoms with Gasteiger partial charge in [-0.2, -0.15) is 0 Å². The average molecular weight is 334 g/mol. The number of carbonyl (C=O) groups is 2. The molecule has 0 radical (unpaired) electrons. The number of hydrogen-bond acceptors (Lipinski definition) is 2. The third-order valence-electron chi connectivity index (χ3n) is 4.06. The highest BCUT2D eigenvalue weighted by atomic mass is 16.2. The molecule has 0 fully saturated rings. The lowest BCUT2D eigenvalue weighted by atomic mass is 10.1. The second-order valence-electron chi connectivity index (χ2n) is 6.55. The van der Waals surface area contributed by atoms with Crippen molar-refractivity contribution in [3.05, 3.63) is 35.4 Å². The topological polar surface area (TPSA) is 62.6 Å². The Morgan fingerprint density at radius 1 is 1.17 bits per heavy atom. The zero-order valence-corrected chi connectivity index (χ0v) is 15.4. The first-order valence-corrected chi connectivity index (χ1v) is 8.88. The van der Waals surface area contributed by atoms with E-state index in [-0.39, 0.29) is 17.9 Å². The van der Waals surface area contributed by atoms with Crippen molar-refractivity contribution in [2.45, 2.75) is 52.1 Å². The molecule has 1 unspecified atom stereocenters. The van der Waals surface area contributed by atoms with E-state index in [1.807, 2.05) is 31.3 Å². The van der Waals surface area contributed by atoms with Crippen molar-refractivity contribution < 1.29 is 14.5 Å². The van der Waals surface area contributed by atoms with Crippen LogP contribution in [0.25, 0.3) is 0 Å². The van der Waals surface area contributed by atoms with E-state index in [4.69, 9.17) is 0 Å². The Morgan fingerprint density at radius 2 is 1.83 bits per heavy atom. The summed E-state index contributed by atoms with van der Waals surface area (Å²) in [6.07, 6.45) is 4.63. The molecule has 0 spiro atoms. The molecule has 134 valence electrons. The molecule has 5 heteroatoms. The van der Waals surface area contributed by atoms with Gasteiger partial charge in [0.05, 0.1) is 7.05 Å². The largest absolute Gasteiger partial charge is 0.355 e. The quantitative estimate of drug-likeness (QED) is 0.562. The molecule has 0 saturated carbocycles. The first-order chi connectivity index (χ1) is 11.5. The first-order valence-electron chi connectivity index (χ1n) is 8.88. The van der Waals surface area contributed by atoms with E-state index in [0.29, 0.717) is 12.1 Å². The highest BCUT2D eigenvalue weighted by Gasteiger charge is 2.13. The van der Waals surface area contributed by atoms with Crippen LogP contribution in [0.2, 0.25) is 0 Å². The summed E-state index contributed by atoms with van der Waals surface area (Å²) in [6.45, 7) is 5.46. The van der Waals surface area contributed by atoms with Gasteiger partial charge >= 0.3 is 0 Å². The van der Waals surface area contributed by atoms with Crippen molar-refractivity contribution in [1.29, 1.82) is 0 Å². The van der Waals surface area contributed by atoms with Crippen LogP contribution < -0.4 is 15.5 Å². The molecule has 1 rings (SSSR count). The fourth-order valence-corrected chi connectivity index (χ4v) is 2.70. The summed E-state index contributed by atoms with van der Waals surface area (Å²) in [6, 6.07) is 7.76. The second-order valence-corrected chi connectivity index (χ2v) is 6.55. The Balaban J connectivity index is 2.38. The van der Waals surface area contributed by atoms with Crippen LogP contribution in [0.3, 0.4) is 0 Å². The molecule has 2 amide bonds. The van der Waals surface area contributed by atoms with Crippen LogP contribution in [-0.4, -0.2) is 38.5 Å². The molecule has 2 atom stereocenters. The number of benzene rings is 1. The highest BCUT2D eigenvalue weighted by molar-refractivity contribution is 5.93. The molecular weight excluding hydrogens is 302 g/mol. The fourth-order valence-electron chi connectivity index (χ4n) is 2.70. The van der Waals surface area contributed by atoms with Gasteiger partial charge in [0.25, 0.3) is 11.8 Å². The molecule has 0 bridgehead atoms. The number of nitrogens with one attached hydrogen (secondary N) is 3. The zero-order chi connectivity index (χ0) is 17.9. The summed E-state index contributed by atoms with van der Waals surface area (Å²) in [4.78, 5) is 24.7. The summed E-state index contributed by atoms with van der Waals surface area (Å²) in [5.41, 5.74) is 1.77. The molecule has 0 aliphatic heterocycles. The van der Waals surface area contributed by atoms with Gasteiger partial charge in [0.2, 0.25) is 0 Å². The van der Waals surface area contributed by atoms with E-state index in [1.54, 1.807) is 7.05 Å². The van der Waals surface area contributed by atoms with Gasteiger partial charge in [-0.05, 0) is 25.5 Å². The van der Waals surface area contributed by atoms with E-state index < -0.39 is 0 Å². The summed E-state index contributed by atoms with van der Waals surface area (Å²) >= 11 is 0. The van der Waals surface area contributed by atoms with Crippen molar-refractivity contribution in [2.75, 3.05) is 20.6 Å². The lowest BCUT2D eigenvalue weighted by Crippen LogP contribution is -3.09. The van der Waals surface area contributed by atoms with Crippen LogP contribution in [0, 0.1) is 0 Å². The van der Waals surface area contributed by atoms with Crippen LogP contribution in [-0.2, 0) is 11.3 Å². The first kappa shape index (κ1) is 20.2. The van der Waals surface area contributed by atoms with Crippen LogP contribution in [0.1, 0.15) is 55.5 Å². The summed E-state index contributed by atoms with van der Waals surface area (Å²) < 4.78 is 0. The van der Waals surface area contributed by atoms with E-state index in [0.717, 1.165) is 23.4 Å². The minimum atomic E-state index is -0.0845. The van der Waals surface area contributed by atoms with Gasteiger partial charge < -0.3 is 15.5 Å². The van der Waals surface area contributed by atoms with E-state index in [9.17, 15) is 9.59 Å². The number of amides is 2. The number of unbranched alkanes of at least 4 members (excludes halogenated alkanes) is 2. The molecule has 1 aromatic carbocycles. The Kier molecular flexibility index (Phi) is 9.08. The van der Waals surface area contributed by atoms with E-state index in [2.05, 4.69) is 24.5 Å². The highest BCUT2D eigenvalue weighted by Crippen LogP contribution is 2.03. The molecule has 3 N–H and O–H groups in total. The predicted octanol–water partition coefficient (Wildman–Crippen LogP) is 1.15. The predicted molar refractivity (Wildman–Crippen MR) is 97.0 cm³/mol. The smallest absolute Gasteiger partial charge is 0.275 e. The lowest BCUT2D eigenvalue weighted by Gasteiger charge is -2.17. The molecule has 1 aromatic rings. The Hall–Kier alpha value is -1.88. The van der Waals surface area contributed by atoms with Gasteiger partial charge in [0.1, 0.15) is 6.54 Å². The zero-order valence-electron chi connectivity index (χ0n) is 15.4. The van der Waals surface area contributed by atoms with Gasteiger partial charge in [0.15, 0.2) is 6.54 Å². The molecule has 0 aromatic heterocycles. The maximum absolute atomic E-state index is 12.1. The van der Waals surface area contributed by atoms with Crippen LogP contribution in [0.5, 0.6) is 0 Å². The van der Waals surface area contributed by atoms with Gasteiger partial charge in [-0.25, -0.2) is 0 Å². The third kappa shape index (κ3) is 7.59. The standard InChI is InChI=1S/C19H31N3O2/c1-5-6-7-8-15(2)21-18(23)14-22(4)13-16-9-11-17(12-10-16)19(24)20-3/h9-12,15H,5-8,13-14H2,1-4H3,(H,20,24)(H,21,23)/p+1/t15-/m0/s1. The molecular formula is C19H32N3O2+. The van der Waals surface area contributed by atoms with Crippen molar-refractivity contribution >= 4 is 11.8 Å². The lowest BCUT2D eigenvalue weighted by molar-refractivity contribution is -0.885. The Bertz CT molecular complexity index is 514. The summed E-state index contributed by atoms with van der Waals surface area (Å²) in [7, 11) is 3.63. The maximum Gasteiger partial charge on any atom is 0.275 e. The van der Waals surface area contributed by atoms with E-state index in [1.165, 1.54) is 19.3 Å². The monoisotopic (exact) mass is 334 g/mol. The third-order valence-corrected chi connectivity index (χ3v) is 4.06. The van der Waals surface area contributed by atoms with Gasteiger partial charge in [-0.15, -0.1) is 0 Å². The van der Waals surface area contributed by atoms with Crippen LogP contribution in [0.15, 0.2) is 24.3 Å².